The Balaban J connectivity index is 0.000000186. The summed E-state index contributed by atoms with van der Waals surface area (Å²) in [5.74, 6) is 2.16. The Hall–Kier alpha value is -4.15. The second-order valence-corrected chi connectivity index (χ2v) is 10.9. The molecule has 0 fully saturated rings. The smallest absolute Gasteiger partial charge is 0.130 e. The van der Waals surface area contributed by atoms with Gasteiger partial charge in [-0.3, -0.25) is 0 Å². The first kappa shape index (κ1) is 25.9. The SMILES string of the molecule is BC=C(c1ccccc1)c1ccccc1.C=CC[SiH2]C(c1ccccc1)(c1ccccc1)n1ccnc1. The summed E-state index contributed by atoms with van der Waals surface area (Å²) in [5, 5.41) is -0.118. The highest BCUT2D eigenvalue weighted by atomic mass is 28.2. The Morgan fingerprint density at radius 1 is 0.757 bits per heavy atom. The van der Waals surface area contributed by atoms with Crippen molar-refractivity contribution in [2.45, 2.75) is 11.2 Å². The van der Waals surface area contributed by atoms with Crippen molar-refractivity contribution in [1.29, 1.82) is 0 Å². The fourth-order valence-corrected chi connectivity index (χ4v) is 6.96. The van der Waals surface area contributed by atoms with E-state index < -0.39 is 9.52 Å². The highest BCUT2D eigenvalue weighted by molar-refractivity contribution is 6.42. The summed E-state index contributed by atoms with van der Waals surface area (Å²) in [6, 6.07) is 43.5. The lowest BCUT2D eigenvalue weighted by Crippen LogP contribution is -2.41. The van der Waals surface area contributed by atoms with Crippen molar-refractivity contribution in [1.82, 2.24) is 9.55 Å². The van der Waals surface area contributed by atoms with E-state index in [1.165, 1.54) is 27.8 Å². The number of allylic oxidation sites excluding steroid dienone is 1. The molecule has 2 nitrogen and oxygen atoms in total. The summed E-state index contributed by atoms with van der Waals surface area (Å²) in [7, 11) is 1.54. The molecule has 0 aliphatic heterocycles. The van der Waals surface area contributed by atoms with E-state index in [1.54, 1.807) is 0 Å². The van der Waals surface area contributed by atoms with E-state index >= 15 is 0 Å². The van der Waals surface area contributed by atoms with Crippen LogP contribution in [-0.2, 0) is 5.16 Å². The average Bonchev–Trinajstić information content (AvgIpc) is 3.52. The van der Waals surface area contributed by atoms with Crippen molar-refractivity contribution in [2.75, 3.05) is 0 Å². The van der Waals surface area contributed by atoms with Gasteiger partial charge in [0.1, 0.15) is 7.85 Å². The molecule has 0 amide bonds. The summed E-state index contributed by atoms with van der Waals surface area (Å²) in [6.07, 6.45) is 7.93. The molecular formula is C33H33BN2Si. The van der Waals surface area contributed by atoms with Gasteiger partial charge in [0, 0.05) is 12.4 Å². The van der Waals surface area contributed by atoms with Crippen LogP contribution >= 0.6 is 0 Å². The van der Waals surface area contributed by atoms with Gasteiger partial charge in [-0.15, -0.1) is 12.6 Å². The van der Waals surface area contributed by atoms with Crippen LogP contribution < -0.4 is 0 Å². The first-order valence-electron chi connectivity index (χ1n) is 12.8. The predicted molar refractivity (Wildman–Crippen MR) is 163 cm³/mol. The molecule has 0 atom stereocenters. The lowest BCUT2D eigenvalue weighted by molar-refractivity contribution is 0.592. The van der Waals surface area contributed by atoms with Crippen LogP contribution in [-0.4, -0.2) is 26.9 Å². The van der Waals surface area contributed by atoms with E-state index in [4.69, 9.17) is 0 Å². The second-order valence-electron chi connectivity index (χ2n) is 8.82. The van der Waals surface area contributed by atoms with E-state index in [2.05, 4.69) is 145 Å². The Morgan fingerprint density at radius 3 is 1.59 bits per heavy atom. The molecule has 4 heteroatoms. The quantitative estimate of drug-likeness (QED) is 0.187. The van der Waals surface area contributed by atoms with Crippen molar-refractivity contribution in [3.05, 3.63) is 181 Å². The number of benzene rings is 4. The highest BCUT2D eigenvalue weighted by Gasteiger charge is 2.35. The van der Waals surface area contributed by atoms with Crippen molar-refractivity contribution >= 4 is 22.9 Å². The summed E-state index contributed by atoms with van der Waals surface area (Å²) in [4.78, 5) is 4.31. The molecule has 0 saturated carbocycles. The maximum absolute atomic E-state index is 4.31. The average molecular weight is 497 g/mol. The van der Waals surface area contributed by atoms with Gasteiger partial charge >= 0.3 is 0 Å². The molecule has 4 aromatic carbocycles. The molecule has 0 aliphatic carbocycles. The van der Waals surface area contributed by atoms with Gasteiger partial charge in [0.05, 0.1) is 21.0 Å². The Labute approximate surface area is 224 Å². The molecule has 0 saturated heterocycles. The second kappa shape index (κ2) is 13.2. The van der Waals surface area contributed by atoms with Gasteiger partial charge in [-0.2, -0.15) is 0 Å². The van der Waals surface area contributed by atoms with Gasteiger partial charge < -0.3 is 4.57 Å². The van der Waals surface area contributed by atoms with E-state index in [0.29, 0.717) is 0 Å². The molecule has 0 N–H and O–H groups in total. The zero-order chi connectivity index (χ0) is 25.8. The molecule has 182 valence electrons. The topological polar surface area (TPSA) is 17.8 Å². The third-order valence-corrected chi connectivity index (χ3v) is 9.22. The van der Waals surface area contributed by atoms with Crippen molar-refractivity contribution in [3.8, 4) is 0 Å². The van der Waals surface area contributed by atoms with E-state index in [9.17, 15) is 0 Å². The van der Waals surface area contributed by atoms with Crippen LogP contribution in [0.1, 0.15) is 22.3 Å². The number of rotatable bonds is 8. The summed E-state index contributed by atoms with van der Waals surface area (Å²) in [6.45, 7) is 3.94. The van der Waals surface area contributed by atoms with Gasteiger partial charge in [0.25, 0.3) is 0 Å². The maximum atomic E-state index is 4.31. The third kappa shape index (κ3) is 6.17. The summed E-state index contributed by atoms with van der Waals surface area (Å²) >= 11 is 0. The minimum atomic E-state index is -0.542. The van der Waals surface area contributed by atoms with Crippen molar-refractivity contribution in [3.63, 3.8) is 0 Å². The van der Waals surface area contributed by atoms with E-state index in [-0.39, 0.29) is 5.16 Å². The largest absolute Gasteiger partial charge is 0.327 e. The molecule has 0 spiro atoms. The van der Waals surface area contributed by atoms with Crippen LogP contribution in [0.2, 0.25) is 6.04 Å². The molecule has 0 bridgehead atoms. The Bertz CT molecular complexity index is 1290. The maximum Gasteiger partial charge on any atom is 0.130 e. The lowest BCUT2D eigenvalue weighted by atomic mass is 9.92. The van der Waals surface area contributed by atoms with Gasteiger partial charge in [-0.1, -0.05) is 127 Å². The van der Waals surface area contributed by atoms with Crippen molar-refractivity contribution < 1.29 is 0 Å². The van der Waals surface area contributed by atoms with Crippen molar-refractivity contribution in [2.24, 2.45) is 0 Å². The van der Waals surface area contributed by atoms with Crippen LogP contribution in [0.15, 0.2) is 159 Å². The lowest BCUT2D eigenvalue weighted by Gasteiger charge is -2.36. The highest BCUT2D eigenvalue weighted by Crippen LogP contribution is 2.34. The number of hydrogen-bond donors (Lipinski definition) is 0. The first-order valence-corrected chi connectivity index (χ1v) is 14.5. The molecule has 1 aromatic heterocycles. The number of nitrogens with zero attached hydrogens (tertiary/aromatic N) is 2. The molecule has 37 heavy (non-hydrogen) atoms. The van der Waals surface area contributed by atoms with Crippen LogP contribution in [0.5, 0.6) is 0 Å². The zero-order valence-corrected chi connectivity index (χ0v) is 22.9. The normalized spacial score (nSPS) is 10.9. The Kier molecular flexibility index (Phi) is 9.28. The fourth-order valence-electron chi connectivity index (χ4n) is 4.84. The summed E-state index contributed by atoms with van der Waals surface area (Å²) in [5.41, 5.74) is 6.48. The predicted octanol–water partition coefficient (Wildman–Crippen LogP) is 6.11. The molecule has 0 aliphatic rings. The molecule has 0 radical (unpaired) electrons. The van der Waals surface area contributed by atoms with Gasteiger partial charge in [0.15, 0.2) is 0 Å². The number of imidazole rings is 1. The van der Waals surface area contributed by atoms with Crippen LogP contribution in [0, 0.1) is 0 Å². The monoisotopic (exact) mass is 496 g/mol. The molecule has 1 heterocycles. The third-order valence-electron chi connectivity index (χ3n) is 6.62. The molecule has 5 aromatic rings. The zero-order valence-electron chi connectivity index (χ0n) is 21.4. The van der Waals surface area contributed by atoms with Gasteiger partial charge in [-0.25, -0.2) is 4.98 Å². The standard InChI is InChI=1S/C19H20N2Si.C14H13B/c1-2-15-22-19(21-14-13-20-16-21,17-9-5-3-6-10-17)18-11-7-4-8-12-18;15-11-14(12-7-3-1-4-8-12)13-9-5-2-6-10-13/h2-14,16H,1,15,22H2;1-11H,15H2. The minimum Gasteiger partial charge on any atom is -0.327 e. The molecule has 5 rings (SSSR count). The van der Waals surface area contributed by atoms with E-state index in [1.807, 2.05) is 30.7 Å². The van der Waals surface area contributed by atoms with Gasteiger partial charge in [0.2, 0.25) is 0 Å². The molecule has 0 unspecified atom stereocenters. The van der Waals surface area contributed by atoms with Gasteiger partial charge in [-0.05, 0) is 33.9 Å². The molecular weight excluding hydrogens is 463 g/mol. The van der Waals surface area contributed by atoms with Crippen LogP contribution in [0.3, 0.4) is 0 Å². The van der Waals surface area contributed by atoms with Crippen LogP contribution in [0.4, 0.5) is 0 Å². The number of aromatic nitrogens is 2. The number of hydrogen-bond acceptors (Lipinski definition) is 1. The minimum absolute atomic E-state index is 0.118. The van der Waals surface area contributed by atoms with Crippen LogP contribution in [0.25, 0.3) is 5.57 Å². The fraction of sp³-hybridized carbons (Fsp3) is 0.0606. The Morgan fingerprint density at radius 2 is 1.22 bits per heavy atom. The van der Waals surface area contributed by atoms with E-state index in [0.717, 1.165) is 6.04 Å². The first-order chi connectivity index (χ1) is 18.3. The summed E-state index contributed by atoms with van der Waals surface area (Å²) < 4.78 is 2.27.